The number of aromatic nitrogens is 1. The highest BCUT2D eigenvalue weighted by atomic mass is 35.5. The average molecular weight is 330 g/mol. The maximum atomic E-state index is 13.7. The van der Waals surface area contributed by atoms with E-state index < -0.39 is 0 Å². The monoisotopic (exact) mass is 329 g/mol. The molecule has 0 aliphatic carbocycles. The molecule has 0 unspecified atom stereocenters. The number of pyridine rings is 1. The van der Waals surface area contributed by atoms with Crippen molar-refractivity contribution < 1.29 is 9.13 Å². The van der Waals surface area contributed by atoms with Crippen molar-refractivity contribution in [1.29, 1.82) is 0 Å². The second-order valence-corrected chi connectivity index (χ2v) is 5.03. The zero-order valence-electron chi connectivity index (χ0n) is 12.5. The van der Waals surface area contributed by atoms with Crippen molar-refractivity contribution >= 4 is 12.4 Å². The van der Waals surface area contributed by atoms with E-state index in [1.165, 1.54) is 6.07 Å². The fourth-order valence-electron chi connectivity index (χ4n) is 2.25. The maximum Gasteiger partial charge on any atom is 0.131 e. The SMILES string of the molecule is Cl.Fc1ccccc1-c1ccc(COCc2cccnc2)cc1. The van der Waals surface area contributed by atoms with Gasteiger partial charge in [0.05, 0.1) is 13.2 Å². The Hall–Kier alpha value is -2.23. The van der Waals surface area contributed by atoms with Gasteiger partial charge in [-0.05, 0) is 28.8 Å². The van der Waals surface area contributed by atoms with Crippen molar-refractivity contribution in [3.63, 3.8) is 0 Å². The van der Waals surface area contributed by atoms with Crippen LogP contribution in [0.3, 0.4) is 0 Å². The van der Waals surface area contributed by atoms with Gasteiger partial charge >= 0.3 is 0 Å². The standard InChI is InChI=1S/C19H16FNO.ClH/c20-19-6-2-1-5-18(19)17-9-7-15(8-10-17)13-22-14-16-4-3-11-21-12-16;/h1-12H,13-14H2;1H. The minimum absolute atomic E-state index is 0. The summed E-state index contributed by atoms with van der Waals surface area (Å²) in [5.41, 5.74) is 3.59. The van der Waals surface area contributed by atoms with Crippen LogP contribution < -0.4 is 0 Å². The van der Waals surface area contributed by atoms with Gasteiger partial charge in [-0.1, -0.05) is 48.5 Å². The molecule has 0 spiro atoms. The molecule has 0 radical (unpaired) electrons. The molecule has 1 aromatic heterocycles. The molecule has 2 nitrogen and oxygen atoms in total. The van der Waals surface area contributed by atoms with Gasteiger partial charge in [0.2, 0.25) is 0 Å². The smallest absolute Gasteiger partial charge is 0.131 e. The van der Waals surface area contributed by atoms with Crippen LogP contribution in [-0.4, -0.2) is 4.98 Å². The Labute approximate surface area is 141 Å². The minimum Gasteiger partial charge on any atom is -0.372 e. The summed E-state index contributed by atoms with van der Waals surface area (Å²) in [5.74, 6) is -0.205. The van der Waals surface area contributed by atoms with E-state index in [-0.39, 0.29) is 18.2 Å². The molecule has 2 aromatic carbocycles. The third kappa shape index (κ3) is 4.62. The molecule has 0 atom stereocenters. The molecule has 0 amide bonds. The number of hydrogen-bond acceptors (Lipinski definition) is 2. The van der Waals surface area contributed by atoms with Crippen LogP contribution in [0.4, 0.5) is 4.39 Å². The van der Waals surface area contributed by atoms with Crippen molar-refractivity contribution in [1.82, 2.24) is 4.98 Å². The molecule has 0 aliphatic rings. The largest absolute Gasteiger partial charge is 0.372 e. The molecular weight excluding hydrogens is 313 g/mol. The highest BCUT2D eigenvalue weighted by Gasteiger charge is 2.03. The molecule has 0 fully saturated rings. The second-order valence-electron chi connectivity index (χ2n) is 5.03. The molecule has 4 heteroatoms. The van der Waals surface area contributed by atoms with E-state index >= 15 is 0 Å². The molecule has 3 rings (SSSR count). The summed E-state index contributed by atoms with van der Waals surface area (Å²) < 4.78 is 19.4. The van der Waals surface area contributed by atoms with Gasteiger partial charge in [-0.25, -0.2) is 4.39 Å². The molecule has 3 aromatic rings. The third-order valence-corrected chi connectivity index (χ3v) is 3.40. The lowest BCUT2D eigenvalue weighted by atomic mass is 10.0. The van der Waals surface area contributed by atoms with Gasteiger partial charge in [-0.2, -0.15) is 0 Å². The number of halogens is 2. The summed E-state index contributed by atoms with van der Waals surface area (Å²) in [4.78, 5) is 4.05. The zero-order valence-corrected chi connectivity index (χ0v) is 13.3. The predicted octanol–water partition coefficient (Wildman–Crippen LogP) is 5.03. The molecule has 118 valence electrons. The Morgan fingerprint density at radius 3 is 2.26 bits per heavy atom. The third-order valence-electron chi connectivity index (χ3n) is 3.40. The molecule has 1 heterocycles. The number of nitrogens with zero attached hydrogens (tertiary/aromatic N) is 1. The summed E-state index contributed by atoms with van der Waals surface area (Å²) in [6.07, 6.45) is 3.53. The maximum absolute atomic E-state index is 13.7. The summed E-state index contributed by atoms with van der Waals surface area (Å²) >= 11 is 0. The van der Waals surface area contributed by atoms with Gasteiger partial charge in [-0.3, -0.25) is 4.98 Å². The minimum atomic E-state index is -0.205. The molecule has 0 aliphatic heterocycles. The fourth-order valence-corrected chi connectivity index (χ4v) is 2.25. The van der Waals surface area contributed by atoms with Gasteiger partial charge in [0.25, 0.3) is 0 Å². The molecule has 0 saturated carbocycles. The molecular formula is C19H17ClFNO. The number of benzene rings is 2. The second kappa shape index (κ2) is 8.42. The first-order chi connectivity index (χ1) is 10.8. The molecule has 0 saturated heterocycles. The van der Waals surface area contributed by atoms with Crippen LogP contribution in [0.5, 0.6) is 0 Å². The van der Waals surface area contributed by atoms with Crippen molar-refractivity contribution in [2.45, 2.75) is 13.2 Å². The van der Waals surface area contributed by atoms with E-state index in [1.54, 1.807) is 24.5 Å². The van der Waals surface area contributed by atoms with Crippen LogP contribution in [-0.2, 0) is 18.0 Å². The molecule has 0 N–H and O–H groups in total. The lowest BCUT2D eigenvalue weighted by Crippen LogP contribution is -1.94. The first-order valence-electron chi connectivity index (χ1n) is 7.13. The predicted molar refractivity (Wildman–Crippen MR) is 91.8 cm³/mol. The fraction of sp³-hybridized carbons (Fsp3) is 0.105. The number of ether oxygens (including phenoxy) is 1. The van der Waals surface area contributed by atoms with E-state index in [2.05, 4.69) is 4.98 Å². The van der Waals surface area contributed by atoms with Crippen molar-refractivity contribution in [2.24, 2.45) is 0 Å². The normalized spacial score (nSPS) is 10.1. The van der Waals surface area contributed by atoms with Gasteiger partial charge in [0, 0.05) is 18.0 Å². The summed E-state index contributed by atoms with van der Waals surface area (Å²) in [7, 11) is 0. The summed E-state index contributed by atoms with van der Waals surface area (Å²) in [6, 6.07) is 18.4. The lowest BCUT2D eigenvalue weighted by Gasteiger charge is -2.07. The Bertz CT molecular complexity index is 732. The van der Waals surface area contributed by atoms with E-state index in [4.69, 9.17) is 4.74 Å². The number of hydrogen-bond donors (Lipinski definition) is 0. The van der Waals surface area contributed by atoms with Gasteiger partial charge in [-0.15, -0.1) is 12.4 Å². The number of rotatable bonds is 5. The molecule has 23 heavy (non-hydrogen) atoms. The van der Waals surface area contributed by atoms with Crippen LogP contribution in [0.1, 0.15) is 11.1 Å². The summed E-state index contributed by atoms with van der Waals surface area (Å²) in [5, 5.41) is 0. The van der Waals surface area contributed by atoms with Crippen molar-refractivity contribution in [3.8, 4) is 11.1 Å². The van der Waals surface area contributed by atoms with Crippen LogP contribution in [0.25, 0.3) is 11.1 Å². The van der Waals surface area contributed by atoms with Gasteiger partial charge in [0.15, 0.2) is 0 Å². The summed E-state index contributed by atoms with van der Waals surface area (Å²) in [6.45, 7) is 1.05. The average Bonchev–Trinajstić information content (AvgIpc) is 2.57. The van der Waals surface area contributed by atoms with E-state index in [1.807, 2.05) is 42.5 Å². The van der Waals surface area contributed by atoms with Crippen molar-refractivity contribution in [2.75, 3.05) is 0 Å². The van der Waals surface area contributed by atoms with Gasteiger partial charge < -0.3 is 4.74 Å². The van der Waals surface area contributed by atoms with Crippen LogP contribution in [0.15, 0.2) is 73.1 Å². The van der Waals surface area contributed by atoms with E-state index in [9.17, 15) is 4.39 Å². The van der Waals surface area contributed by atoms with Crippen molar-refractivity contribution in [3.05, 3.63) is 90.0 Å². The van der Waals surface area contributed by atoms with Crippen LogP contribution in [0.2, 0.25) is 0 Å². The van der Waals surface area contributed by atoms with Crippen LogP contribution in [0, 0.1) is 5.82 Å². The quantitative estimate of drug-likeness (QED) is 0.655. The van der Waals surface area contributed by atoms with E-state index in [0.717, 1.165) is 16.7 Å². The highest BCUT2D eigenvalue weighted by Crippen LogP contribution is 2.22. The van der Waals surface area contributed by atoms with Crippen LogP contribution >= 0.6 is 12.4 Å². The Morgan fingerprint density at radius 2 is 1.57 bits per heavy atom. The van der Waals surface area contributed by atoms with Gasteiger partial charge in [0.1, 0.15) is 5.82 Å². The Kier molecular flexibility index (Phi) is 6.27. The lowest BCUT2D eigenvalue weighted by molar-refractivity contribution is 0.107. The topological polar surface area (TPSA) is 22.1 Å². The Balaban J connectivity index is 0.00000192. The highest BCUT2D eigenvalue weighted by molar-refractivity contribution is 5.85. The first-order valence-corrected chi connectivity index (χ1v) is 7.13. The molecule has 0 bridgehead atoms. The first kappa shape index (κ1) is 17.1. The van der Waals surface area contributed by atoms with E-state index in [0.29, 0.717) is 18.8 Å². The Morgan fingerprint density at radius 1 is 0.826 bits per heavy atom. The zero-order chi connectivity index (χ0) is 15.2.